The summed E-state index contributed by atoms with van der Waals surface area (Å²) in [5, 5.41) is 11.6. The van der Waals surface area contributed by atoms with Gasteiger partial charge in [-0.05, 0) is 12.8 Å². The summed E-state index contributed by atoms with van der Waals surface area (Å²) >= 11 is 0. The monoisotopic (exact) mass is 137 g/mol. The Morgan fingerprint density at radius 2 is 2.40 bits per heavy atom. The number of allylic oxidation sites excluding steroid dienone is 1. The molecule has 0 spiro atoms. The number of rotatable bonds is 2. The van der Waals surface area contributed by atoms with Crippen LogP contribution in [0.15, 0.2) is 11.9 Å². The molecule has 1 rings (SSSR count). The predicted octanol–water partition coefficient (Wildman–Crippen LogP) is 0.310. The molecule has 0 amide bonds. The van der Waals surface area contributed by atoms with Crippen molar-refractivity contribution in [3.8, 4) is 6.07 Å². The Kier molecular flexibility index (Phi) is 1.54. The minimum Gasteiger partial charge on any atom is -0.403 e. The third kappa shape index (κ3) is 0.820. The highest BCUT2D eigenvalue weighted by Gasteiger charge is 2.46. The Hall–Kier alpha value is -1.17. The van der Waals surface area contributed by atoms with Crippen LogP contribution in [-0.4, -0.2) is 7.05 Å². The highest BCUT2D eigenvalue weighted by atomic mass is 14.9. The van der Waals surface area contributed by atoms with E-state index in [1.54, 1.807) is 7.05 Å². The Morgan fingerprint density at radius 3 is 2.50 bits per heavy atom. The van der Waals surface area contributed by atoms with Crippen LogP contribution in [0.5, 0.6) is 0 Å². The molecular weight excluding hydrogens is 126 g/mol. The lowest BCUT2D eigenvalue weighted by atomic mass is 10.1. The topological polar surface area (TPSA) is 61.8 Å². The van der Waals surface area contributed by atoms with Gasteiger partial charge in [0.25, 0.3) is 0 Å². The number of nitrogens with zero attached hydrogens (tertiary/aromatic N) is 1. The lowest BCUT2D eigenvalue weighted by Crippen LogP contribution is -2.17. The van der Waals surface area contributed by atoms with E-state index in [4.69, 9.17) is 11.0 Å². The van der Waals surface area contributed by atoms with Gasteiger partial charge in [0.05, 0.1) is 11.5 Å². The van der Waals surface area contributed by atoms with Crippen LogP contribution in [0.3, 0.4) is 0 Å². The number of nitriles is 1. The van der Waals surface area contributed by atoms with E-state index in [0.717, 1.165) is 18.5 Å². The van der Waals surface area contributed by atoms with Gasteiger partial charge in [0, 0.05) is 18.9 Å². The zero-order chi connectivity index (χ0) is 7.61. The molecule has 0 unspecified atom stereocenters. The Bertz CT molecular complexity index is 195. The van der Waals surface area contributed by atoms with E-state index in [-0.39, 0.29) is 5.41 Å². The minimum atomic E-state index is -0.260. The lowest BCUT2D eigenvalue weighted by molar-refractivity contribution is 0.714. The third-order valence-electron chi connectivity index (χ3n) is 1.92. The highest BCUT2D eigenvalue weighted by Crippen LogP contribution is 2.49. The van der Waals surface area contributed by atoms with Gasteiger partial charge in [-0.2, -0.15) is 5.26 Å². The van der Waals surface area contributed by atoms with Crippen LogP contribution in [-0.2, 0) is 0 Å². The number of nitrogens with one attached hydrogen (secondary N) is 1. The first-order valence-electron chi connectivity index (χ1n) is 3.30. The summed E-state index contributed by atoms with van der Waals surface area (Å²) in [5.74, 6) is 0. The molecule has 3 heteroatoms. The third-order valence-corrected chi connectivity index (χ3v) is 1.92. The molecule has 3 N–H and O–H groups in total. The molecule has 54 valence electrons. The fourth-order valence-electron chi connectivity index (χ4n) is 1.05. The maximum atomic E-state index is 8.70. The van der Waals surface area contributed by atoms with E-state index in [2.05, 4.69) is 11.4 Å². The average Bonchev–Trinajstić information content (AvgIpc) is 2.72. The molecule has 0 aromatic heterocycles. The summed E-state index contributed by atoms with van der Waals surface area (Å²) < 4.78 is 0. The number of hydrogen-bond acceptors (Lipinski definition) is 3. The van der Waals surface area contributed by atoms with E-state index in [9.17, 15) is 0 Å². The molecule has 1 saturated carbocycles. The summed E-state index contributed by atoms with van der Waals surface area (Å²) in [6, 6.07) is 2.24. The Labute approximate surface area is 60.5 Å². The van der Waals surface area contributed by atoms with E-state index in [1.807, 2.05) is 0 Å². The number of nitrogens with two attached hydrogens (primary N) is 1. The fraction of sp³-hybridized carbons (Fsp3) is 0.571. The maximum Gasteiger partial charge on any atom is 0.0983 e. The molecule has 1 fully saturated rings. The van der Waals surface area contributed by atoms with Gasteiger partial charge in [0.15, 0.2) is 0 Å². The van der Waals surface area contributed by atoms with E-state index < -0.39 is 0 Å². The van der Waals surface area contributed by atoms with Crippen molar-refractivity contribution < 1.29 is 0 Å². The van der Waals surface area contributed by atoms with Crippen molar-refractivity contribution in [1.29, 1.82) is 5.26 Å². The van der Waals surface area contributed by atoms with Gasteiger partial charge in [-0.25, -0.2) is 0 Å². The summed E-state index contributed by atoms with van der Waals surface area (Å²) in [6.45, 7) is 0. The quantitative estimate of drug-likeness (QED) is 0.575. The van der Waals surface area contributed by atoms with Gasteiger partial charge in [-0.1, -0.05) is 0 Å². The van der Waals surface area contributed by atoms with Crippen molar-refractivity contribution in [2.75, 3.05) is 7.05 Å². The van der Waals surface area contributed by atoms with Gasteiger partial charge < -0.3 is 11.1 Å². The van der Waals surface area contributed by atoms with Crippen LogP contribution in [0, 0.1) is 16.7 Å². The normalized spacial score (nSPS) is 21.4. The molecule has 0 atom stereocenters. The summed E-state index contributed by atoms with van der Waals surface area (Å²) in [6.07, 6.45) is 3.36. The average molecular weight is 137 g/mol. The SMILES string of the molecule is CN/C(=C\N)C1(C#N)CC1. The fourth-order valence-corrected chi connectivity index (χ4v) is 1.05. The molecule has 3 nitrogen and oxygen atoms in total. The van der Waals surface area contributed by atoms with Crippen molar-refractivity contribution in [3.05, 3.63) is 11.9 Å². The van der Waals surface area contributed by atoms with Crippen LogP contribution in [0.4, 0.5) is 0 Å². The van der Waals surface area contributed by atoms with Crippen LogP contribution >= 0.6 is 0 Å². The summed E-state index contributed by atoms with van der Waals surface area (Å²) in [7, 11) is 1.79. The first-order valence-corrected chi connectivity index (χ1v) is 3.30. The van der Waals surface area contributed by atoms with Gasteiger partial charge in [-0.3, -0.25) is 0 Å². The zero-order valence-corrected chi connectivity index (χ0v) is 6.02. The van der Waals surface area contributed by atoms with Crippen LogP contribution < -0.4 is 11.1 Å². The standard InChI is InChI=1S/C7H11N3/c1-10-6(4-8)7(5-9)2-3-7/h4,10H,2-3,8H2,1H3/b6-4-. The molecule has 0 bridgehead atoms. The van der Waals surface area contributed by atoms with Crippen molar-refractivity contribution >= 4 is 0 Å². The molecule has 10 heavy (non-hydrogen) atoms. The van der Waals surface area contributed by atoms with Gasteiger partial charge in [-0.15, -0.1) is 0 Å². The van der Waals surface area contributed by atoms with E-state index >= 15 is 0 Å². The molecule has 0 heterocycles. The molecule has 0 radical (unpaired) electrons. The molecular formula is C7H11N3. The van der Waals surface area contributed by atoms with Crippen LogP contribution in [0.2, 0.25) is 0 Å². The molecule has 0 aromatic rings. The Balaban J connectivity index is 2.74. The molecule has 0 aromatic carbocycles. The van der Waals surface area contributed by atoms with Crippen molar-refractivity contribution in [2.45, 2.75) is 12.8 Å². The summed E-state index contributed by atoms with van der Waals surface area (Å²) in [4.78, 5) is 0. The van der Waals surface area contributed by atoms with Gasteiger partial charge in [0.1, 0.15) is 0 Å². The van der Waals surface area contributed by atoms with E-state index in [1.165, 1.54) is 6.20 Å². The second kappa shape index (κ2) is 2.22. The van der Waals surface area contributed by atoms with Crippen molar-refractivity contribution in [3.63, 3.8) is 0 Å². The first kappa shape index (κ1) is 6.94. The Morgan fingerprint density at radius 1 is 1.80 bits per heavy atom. The van der Waals surface area contributed by atoms with Gasteiger partial charge in [0.2, 0.25) is 0 Å². The number of hydrogen-bond donors (Lipinski definition) is 2. The molecule has 0 saturated heterocycles. The highest BCUT2D eigenvalue weighted by molar-refractivity contribution is 5.28. The lowest BCUT2D eigenvalue weighted by Gasteiger charge is -2.08. The van der Waals surface area contributed by atoms with Gasteiger partial charge >= 0.3 is 0 Å². The van der Waals surface area contributed by atoms with Crippen LogP contribution in [0.25, 0.3) is 0 Å². The second-order valence-corrected chi connectivity index (χ2v) is 2.52. The molecule has 1 aliphatic carbocycles. The van der Waals surface area contributed by atoms with Crippen LogP contribution in [0.1, 0.15) is 12.8 Å². The van der Waals surface area contributed by atoms with Crippen molar-refractivity contribution in [1.82, 2.24) is 5.32 Å². The smallest absolute Gasteiger partial charge is 0.0983 e. The second-order valence-electron chi connectivity index (χ2n) is 2.52. The summed E-state index contributed by atoms with van der Waals surface area (Å²) in [5.41, 5.74) is 5.91. The molecule has 1 aliphatic rings. The first-order chi connectivity index (χ1) is 4.79. The predicted molar refractivity (Wildman–Crippen MR) is 38.6 cm³/mol. The molecule has 0 aliphatic heterocycles. The largest absolute Gasteiger partial charge is 0.403 e. The van der Waals surface area contributed by atoms with E-state index in [0.29, 0.717) is 0 Å². The van der Waals surface area contributed by atoms with Crippen molar-refractivity contribution in [2.24, 2.45) is 11.1 Å². The zero-order valence-electron chi connectivity index (χ0n) is 6.02. The minimum absolute atomic E-state index is 0.260. The maximum absolute atomic E-state index is 8.70.